The Labute approximate surface area is 121 Å². The van der Waals surface area contributed by atoms with E-state index in [4.69, 9.17) is 5.11 Å². The molecule has 1 aliphatic heterocycles. The van der Waals surface area contributed by atoms with E-state index in [-0.39, 0.29) is 21.7 Å². The summed E-state index contributed by atoms with van der Waals surface area (Å²) in [4.78, 5) is 10.6. The third kappa shape index (κ3) is 3.13. The molecule has 2 rings (SSSR count). The number of nitrogens with one attached hydrogen (secondary N) is 1. The molecule has 0 bridgehead atoms. The average molecular weight is 314 g/mol. The van der Waals surface area contributed by atoms with Crippen LogP contribution in [0.4, 0.5) is 5.69 Å². The number of amidine groups is 1. The van der Waals surface area contributed by atoms with Crippen LogP contribution in [0.15, 0.2) is 27.5 Å². The standard InChI is InChI=1S/C12H14N2O4S2/c1-7(2)8-3-4-9-10(5-8)20(17,18)14-12(13-9)19-6-11(15)16/h3-5,7H,6H2,1-2H3,(H,13,14)(H,15,16). The number of rotatable bonds is 3. The van der Waals surface area contributed by atoms with Crippen molar-refractivity contribution in [3.63, 3.8) is 0 Å². The summed E-state index contributed by atoms with van der Waals surface area (Å²) in [6.45, 7) is 3.95. The number of benzene rings is 1. The second kappa shape index (κ2) is 5.45. The number of anilines is 1. The van der Waals surface area contributed by atoms with Crippen LogP contribution in [-0.4, -0.2) is 30.4 Å². The largest absolute Gasteiger partial charge is 0.481 e. The maximum atomic E-state index is 12.1. The molecule has 6 nitrogen and oxygen atoms in total. The van der Waals surface area contributed by atoms with Crippen molar-refractivity contribution in [2.24, 2.45) is 4.40 Å². The zero-order chi connectivity index (χ0) is 14.9. The lowest BCUT2D eigenvalue weighted by atomic mass is 10.0. The van der Waals surface area contributed by atoms with Gasteiger partial charge in [-0.2, -0.15) is 8.42 Å². The fraction of sp³-hybridized carbons (Fsp3) is 0.333. The summed E-state index contributed by atoms with van der Waals surface area (Å²) in [6, 6.07) is 5.12. The lowest BCUT2D eigenvalue weighted by molar-refractivity contribution is -0.133. The predicted molar refractivity (Wildman–Crippen MR) is 78.9 cm³/mol. The Bertz CT molecular complexity index is 681. The average Bonchev–Trinajstić information content (AvgIpc) is 2.35. The van der Waals surface area contributed by atoms with E-state index in [1.807, 2.05) is 19.9 Å². The number of hydrogen-bond acceptors (Lipinski definition) is 5. The zero-order valence-corrected chi connectivity index (χ0v) is 12.6. The molecule has 0 atom stereocenters. The lowest BCUT2D eigenvalue weighted by Gasteiger charge is -2.18. The molecule has 0 saturated carbocycles. The quantitative estimate of drug-likeness (QED) is 0.887. The van der Waals surface area contributed by atoms with Crippen molar-refractivity contribution >= 4 is 38.6 Å². The van der Waals surface area contributed by atoms with E-state index in [0.29, 0.717) is 5.69 Å². The summed E-state index contributed by atoms with van der Waals surface area (Å²) in [5, 5.41) is 11.5. The molecule has 0 aromatic heterocycles. The highest BCUT2D eigenvalue weighted by Crippen LogP contribution is 2.32. The van der Waals surface area contributed by atoms with Crippen LogP contribution in [0.25, 0.3) is 0 Å². The Morgan fingerprint density at radius 2 is 2.15 bits per heavy atom. The van der Waals surface area contributed by atoms with Gasteiger partial charge < -0.3 is 10.4 Å². The van der Waals surface area contributed by atoms with E-state index in [9.17, 15) is 13.2 Å². The first-order chi connectivity index (χ1) is 9.29. The first-order valence-electron chi connectivity index (χ1n) is 5.90. The van der Waals surface area contributed by atoms with Crippen molar-refractivity contribution in [3.05, 3.63) is 23.8 Å². The fourth-order valence-electron chi connectivity index (χ4n) is 1.70. The molecule has 0 radical (unpaired) electrons. The fourth-order valence-corrected chi connectivity index (χ4v) is 3.70. The Balaban J connectivity index is 2.37. The van der Waals surface area contributed by atoms with E-state index in [2.05, 4.69) is 9.71 Å². The van der Waals surface area contributed by atoms with Crippen molar-refractivity contribution < 1.29 is 18.3 Å². The molecule has 0 unspecified atom stereocenters. The molecular formula is C12H14N2O4S2. The monoisotopic (exact) mass is 314 g/mol. The van der Waals surface area contributed by atoms with Crippen LogP contribution >= 0.6 is 11.8 Å². The summed E-state index contributed by atoms with van der Waals surface area (Å²) in [5.74, 6) is -1.07. The minimum Gasteiger partial charge on any atom is -0.481 e. The van der Waals surface area contributed by atoms with Gasteiger partial charge in [-0.1, -0.05) is 31.7 Å². The summed E-state index contributed by atoms with van der Waals surface area (Å²) in [5.41, 5.74) is 1.34. The van der Waals surface area contributed by atoms with Gasteiger partial charge in [-0.3, -0.25) is 4.79 Å². The van der Waals surface area contributed by atoms with E-state index in [0.717, 1.165) is 17.3 Å². The van der Waals surface area contributed by atoms with Crippen molar-refractivity contribution in [1.29, 1.82) is 0 Å². The molecule has 0 fully saturated rings. The molecule has 0 amide bonds. The Kier molecular flexibility index (Phi) is 4.05. The molecule has 8 heteroatoms. The van der Waals surface area contributed by atoms with Crippen LogP contribution in [0.3, 0.4) is 0 Å². The Morgan fingerprint density at radius 1 is 1.45 bits per heavy atom. The number of carbonyl (C=O) groups is 1. The van der Waals surface area contributed by atoms with Crippen LogP contribution in [0.5, 0.6) is 0 Å². The second-order valence-corrected chi connectivity index (χ2v) is 7.13. The molecule has 1 aliphatic rings. The van der Waals surface area contributed by atoms with Gasteiger partial charge in [-0.05, 0) is 23.6 Å². The smallest absolute Gasteiger partial charge is 0.313 e. The van der Waals surface area contributed by atoms with Gasteiger partial charge in [-0.25, -0.2) is 0 Å². The lowest BCUT2D eigenvalue weighted by Crippen LogP contribution is -2.20. The van der Waals surface area contributed by atoms with Gasteiger partial charge in [0.25, 0.3) is 10.0 Å². The van der Waals surface area contributed by atoms with Gasteiger partial charge in [0.15, 0.2) is 5.17 Å². The topological polar surface area (TPSA) is 95.8 Å². The zero-order valence-electron chi connectivity index (χ0n) is 11.0. The van der Waals surface area contributed by atoms with Crippen LogP contribution in [0.2, 0.25) is 0 Å². The molecular weight excluding hydrogens is 300 g/mol. The highest BCUT2D eigenvalue weighted by molar-refractivity contribution is 8.15. The predicted octanol–water partition coefficient (Wildman–Crippen LogP) is 2.10. The highest BCUT2D eigenvalue weighted by atomic mass is 32.2. The summed E-state index contributed by atoms with van der Waals surface area (Å²) in [6.07, 6.45) is 0. The number of carboxylic acids is 1. The first-order valence-corrected chi connectivity index (χ1v) is 8.32. The SMILES string of the molecule is CC(C)c1ccc2c(c1)S(=O)(=O)N=C(SCC(=O)O)N2. The van der Waals surface area contributed by atoms with E-state index in [1.165, 1.54) is 0 Å². The van der Waals surface area contributed by atoms with Gasteiger partial charge in [0.1, 0.15) is 4.90 Å². The number of nitrogens with zero attached hydrogens (tertiary/aromatic N) is 1. The second-order valence-electron chi connectivity index (χ2n) is 4.59. The summed E-state index contributed by atoms with van der Waals surface area (Å²) < 4.78 is 27.8. The molecule has 108 valence electrons. The first kappa shape index (κ1) is 14.9. The number of aliphatic carboxylic acids is 1. The van der Waals surface area contributed by atoms with Gasteiger partial charge in [0.2, 0.25) is 0 Å². The van der Waals surface area contributed by atoms with Crippen LogP contribution in [-0.2, 0) is 14.8 Å². The van der Waals surface area contributed by atoms with Crippen molar-refractivity contribution in [1.82, 2.24) is 0 Å². The summed E-state index contributed by atoms with van der Waals surface area (Å²) >= 11 is 0.842. The highest BCUT2D eigenvalue weighted by Gasteiger charge is 2.26. The van der Waals surface area contributed by atoms with E-state index in [1.54, 1.807) is 12.1 Å². The third-order valence-corrected chi connectivity index (χ3v) is 5.02. The molecule has 0 aliphatic carbocycles. The number of thioether (sulfide) groups is 1. The van der Waals surface area contributed by atoms with Gasteiger partial charge in [0.05, 0.1) is 11.4 Å². The van der Waals surface area contributed by atoms with Gasteiger partial charge >= 0.3 is 5.97 Å². The minimum atomic E-state index is -3.78. The van der Waals surface area contributed by atoms with Crippen molar-refractivity contribution in [2.75, 3.05) is 11.1 Å². The molecule has 0 spiro atoms. The van der Waals surface area contributed by atoms with E-state index >= 15 is 0 Å². The van der Waals surface area contributed by atoms with Gasteiger partial charge in [0, 0.05) is 0 Å². The van der Waals surface area contributed by atoms with Crippen molar-refractivity contribution in [3.8, 4) is 0 Å². The normalized spacial score (nSPS) is 16.2. The minimum absolute atomic E-state index is 0.0807. The Morgan fingerprint density at radius 3 is 2.75 bits per heavy atom. The third-order valence-electron chi connectivity index (χ3n) is 2.73. The Hall–Kier alpha value is -1.54. The number of hydrogen-bond donors (Lipinski definition) is 2. The van der Waals surface area contributed by atoms with Crippen LogP contribution in [0.1, 0.15) is 25.3 Å². The van der Waals surface area contributed by atoms with Gasteiger partial charge in [-0.15, -0.1) is 4.40 Å². The molecule has 20 heavy (non-hydrogen) atoms. The molecule has 1 aromatic rings. The maximum Gasteiger partial charge on any atom is 0.313 e. The maximum absolute atomic E-state index is 12.1. The number of sulfonamides is 1. The van der Waals surface area contributed by atoms with Crippen LogP contribution < -0.4 is 5.32 Å². The number of fused-ring (bicyclic) bond motifs is 1. The number of carboxylic acid groups (broad SMARTS) is 1. The van der Waals surface area contributed by atoms with Crippen LogP contribution in [0, 0.1) is 0 Å². The van der Waals surface area contributed by atoms with E-state index < -0.39 is 16.0 Å². The van der Waals surface area contributed by atoms with Crippen molar-refractivity contribution in [2.45, 2.75) is 24.7 Å². The molecule has 0 saturated heterocycles. The molecule has 2 N–H and O–H groups in total. The molecule has 1 heterocycles. The molecule has 1 aromatic carbocycles. The summed E-state index contributed by atoms with van der Waals surface area (Å²) in [7, 11) is -3.78.